The Morgan fingerprint density at radius 1 is 0.714 bits per heavy atom. The Morgan fingerprint density at radius 2 is 0.929 bits per heavy atom. The number of rotatable bonds is 3. The first-order valence-corrected chi connectivity index (χ1v) is 3.66. The van der Waals surface area contributed by atoms with Crippen LogP contribution in [-0.2, 0) is 9.47 Å². The summed E-state index contributed by atoms with van der Waals surface area (Å²) in [6, 6.07) is 0. The van der Waals surface area contributed by atoms with Gasteiger partial charge < -0.3 is 0 Å². The van der Waals surface area contributed by atoms with Gasteiger partial charge in [-0.05, 0) is 0 Å². The van der Waals surface area contributed by atoms with Crippen LogP contribution in [0.1, 0.15) is 0 Å². The standard InChI is InChI=1S/C4H2Cl2F6O2/c5-1(13-3(7,8)9)2(6)14-4(10,11)12/h1-2H. The molecule has 0 aliphatic heterocycles. The summed E-state index contributed by atoms with van der Waals surface area (Å²) in [6.45, 7) is 0. The summed E-state index contributed by atoms with van der Waals surface area (Å²) in [5.74, 6) is 0. The number of hydrogen-bond acceptors (Lipinski definition) is 2. The van der Waals surface area contributed by atoms with Gasteiger partial charge in [-0.3, -0.25) is 9.47 Å². The molecule has 0 bridgehead atoms. The number of halogens is 8. The molecule has 0 N–H and O–H groups in total. The van der Waals surface area contributed by atoms with Crippen LogP contribution in [0.3, 0.4) is 0 Å². The molecule has 10 heteroatoms. The Balaban J connectivity index is 4.07. The smallest absolute Gasteiger partial charge is 0.268 e. The normalized spacial score (nSPS) is 18.0. The molecule has 0 heterocycles. The van der Waals surface area contributed by atoms with E-state index in [4.69, 9.17) is 23.2 Å². The summed E-state index contributed by atoms with van der Waals surface area (Å²) in [6.07, 6.45) is -10.4. The van der Waals surface area contributed by atoms with E-state index < -0.39 is 23.9 Å². The van der Waals surface area contributed by atoms with Crippen LogP contribution >= 0.6 is 23.2 Å². The molecule has 0 aromatic carbocycles. The van der Waals surface area contributed by atoms with Crippen LogP contribution in [0.4, 0.5) is 26.3 Å². The first-order chi connectivity index (χ1) is 6.01. The van der Waals surface area contributed by atoms with Crippen LogP contribution in [-0.4, -0.2) is 23.9 Å². The molecule has 0 saturated heterocycles. The van der Waals surface area contributed by atoms with Crippen molar-refractivity contribution in [3.8, 4) is 0 Å². The van der Waals surface area contributed by atoms with E-state index in [0.717, 1.165) is 0 Å². The Hall–Kier alpha value is 0.0800. The molecule has 0 aliphatic rings. The highest BCUT2D eigenvalue weighted by Gasteiger charge is 2.41. The Kier molecular flexibility index (Phi) is 4.76. The van der Waals surface area contributed by atoms with Gasteiger partial charge in [0, 0.05) is 0 Å². The highest BCUT2D eigenvalue weighted by atomic mass is 35.5. The van der Waals surface area contributed by atoms with E-state index in [1.807, 2.05) is 0 Å². The Morgan fingerprint density at radius 3 is 1.07 bits per heavy atom. The SMILES string of the molecule is FC(F)(F)OC(Cl)C(Cl)OC(F)(F)F. The highest BCUT2D eigenvalue weighted by molar-refractivity contribution is 6.28. The third kappa shape index (κ3) is 7.48. The van der Waals surface area contributed by atoms with Crippen molar-refractivity contribution >= 4 is 23.2 Å². The molecule has 0 fully saturated rings. The van der Waals surface area contributed by atoms with Gasteiger partial charge in [0.2, 0.25) is 0 Å². The molecule has 0 aromatic heterocycles. The van der Waals surface area contributed by atoms with E-state index in [1.165, 1.54) is 0 Å². The van der Waals surface area contributed by atoms with Gasteiger partial charge in [0.05, 0.1) is 0 Å². The summed E-state index contributed by atoms with van der Waals surface area (Å²) < 4.78 is 74.3. The van der Waals surface area contributed by atoms with Gasteiger partial charge in [0.15, 0.2) is 11.1 Å². The van der Waals surface area contributed by atoms with Crippen molar-refractivity contribution in [3.05, 3.63) is 0 Å². The number of alkyl halides is 8. The van der Waals surface area contributed by atoms with Crippen molar-refractivity contribution < 1.29 is 35.8 Å². The minimum atomic E-state index is -5.19. The predicted molar refractivity (Wildman–Crippen MR) is 33.6 cm³/mol. The van der Waals surface area contributed by atoms with E-state index in [0.29, 0.717) is 0 Å². The van der Waals surface area contributed by atoms with E-state index in [-0.39, 0.29) is 0 Å². The molecular formula is C4H2Cl2F6O2. The lowest BCUT2D eigenvalue weighted by Gasteiger charge is -2.19. The minimum Gasteiger partial charge on any atom is -0.268 e. The Labute approximate surface area is 83.7 Å². The molecule has 86 valence electrons. The van der Waals surface area contributed by atoms with E-state index in [9.17, 15) is 26.3 Å². The van der Waals surface area contributed by atoms with E-state index in [1.54, 1.807) is 0 Å². The zero-order valence-corrected chi connectivity index (χ0v) is 7.51. The maximum atomic E-state index is 11.4. The molecule has 0 amide bonds. The first kappa shape index (κ1) is 14.1. The largest absolute Gasteiger partial charge is 0.524 e. The molecule has 0 saturated carbocycles. The van der Waals surface area contributed by atoms with Gasteiger partial charge in [-0.15, -0.1) is 26.3 Å². The fourth-order valence-electron chi connectivity index (χ4n) is 0.362. The van der Waals surface area contributed by atoms with Gasteiger partial charge in [-0.2, -0.15) is 0 Å². The third-order valence-electron chi connectivity index (χ3n) is 0.698. The zero-order valence-electron chi connectivity index (χ0n) is 5.99. The van der Waals surface area contributed by atoms with Gasteiger partial charge in [-0.1, -0.05) is 23.2 Å². The molecule has 2 nitrogen and oxygen atoms in total. The summed E-state index contributed by atoms with van der Waals surface area (Å²) in [4.78, 5) is 0. The monoisotopic (exact) mass is 266 g/mol. The molecule has 14 heavy (non-hydrogen) atoms. The fraction of sp³-hybridized carbons (Fsp3) is 1.00. The van der Waals surface area contributed by atoms with Gasteiger partial charge in [0.25, 0.3) is 0 Å². The van der Waals surface area contributed by atoms with Crippen LogP contribution in [0, 0.1) is 0 Å². The van der Waals surface area contributed by atoms with Crippen molar-refractivity contribution in [1.82, 2.24) is 0 Å². The first-order valence-electron chi connectivity index (χ1n) is 2.78. The molecule has 0 spiro atoms. The van der Waals surface area contributed by atoms with Crippen molar-refractivity contribution in [2.75, 3.05) is 0 Å². The highest BCUT2D eigenvalue weighted by Crippen LogP contribution is 2.28. The molecule has 0 rings (SSSR count). The van der Waals surface area contributed by atoms with Crippen LogP contribution < -0.4 is 0 Å². The summed E-state index contributed by atoms with van der Waals surface area (Å²) >= 11 is 9.45. The maximum absolute atomic E-state index is 11.4. The van der Waals surface area contributed by atoms with Crippen molar-refractivity contribution in [1.29, 1.82) is 0 Å². The Bertz CT molecular complexity index is 160. The lowest BCUT2D eigenvalue weighted by atomic mass is 10.7. The van der Waals surface area contributed by atoms with Crippen molar-refractivity contribution in [2.24, 2.45) is 0 Å². The van der Waals surface area contributed by atoms with Crippen molar-refractivity contribution in [3.63, 3.8) is 0 Å². The topological polar surface area (TPSA) is 18.5 Å². The van der Waals surface area contributed by atoms with Gasteiger partial charge in [-0.25, -0.2) is 0 Å². The second-order valence-corrected chi connectivity index (χ2v) is 2.69. The summed E-state index contributed by atoms with van der Waals surface area (Å²) in [5.41, 5.74) is -4.98. The van der Waals surface area contributed by atoms with Crippen molar-refractivity contribution in [2.45, 2.75) is 23.9 Å². The molecule has 0 aliphatic carbocycles. The average molecular weight is 267 g/mol. The molecule has 2 atom stereocenters. The molecule has 0 aromatic rings. The van der Waals surface area contributed by atoms with Gasteiger partial charge in [0.1, 0.15) is 0 Å². The summed E-state index contributed by atoms with van der Waals surface area (Å²) in [7, 11) is 0. The van der Waals surface area contributed by atoms with Gasteiger partial charge >= 0.3 is 12.7 Å². The number of ether oxygens (including phenoxy) is 2. The fourth-order valence-corrected chi connectivity index (χ4v) is 0.667. The predicted octanol–water partition coefficient (Wildman–Crippen LogP) is 3.19. The third-order valence-corrected chi connectivity index (χ3v) is 1.46. The second kappa shape index (κ2) is 4.73. The van der Waals surface area contributed by atoms with Crippen LogP contribution in [0.25, 0.3) is 0 Å². The van der Waals surface area contributed by atoms with E-state index >= 15 is 0 Å². The van der Waals surface area contributed by atoms with Crippen LogP contribution in [0.15, 0.2) is 0 Å². The summed E-state index contributed by atoms with van der Waals surface area (Å²) in [5, 5.41) is 0. The molecule has 0 radical (unpaired) electrons. The minimum absolute atomic E-state index is 2.49. The maximum Gasteiger partial charge on any atom is 0.524 e. The zero-order chi connectivity index (χ0) is 11.6. The van der Waals surface area contributed by atoms with Crippen LogP contribution in [0.2, 0.25) is 0 Å². The lowest BCUT2D eigenvalue weighted by Crippen LogP contribution is -2.32. The second-order valence-electron chi connectivity index (χ2n) is 1.83. The van der Waals surface area contributed by atoms with E-state index in [2.05, 4.69) is 9.47 Å². The lowest BCUT2D eigenvalue weighted by molar-refractivity contribution is -0.367. The molecule has 2 unspecified atom stereocenters. The van der Waals surface area contributed by atoms with Crippen LogP contribution in [0.5, 0.6) is 0 Å². The number of hydrogen-bond donors (Lipinski definition) is 0. The quantitative estimate of drug-likeness (QED) is 0.577. The molecular weight excluding hydrogens is 265 g/mol. The average Bonchev–Trinajstić information content (AvgIpc) is 1.78.